The van der Waals surface area contributed by atoms with Crippen LogP contribution < -0.4 is 0 Å². The maximum atomic E-state index is 11.6. The third-order valence-corrected chi connectivity index (χ3v) is 6.58. The number of carbonyl (C=O) groups is 1. The van der Waals surface area contributed by atoms with E-state index in [1.807, 2.05) is 0 Å². The average molecular weight is 260 g/mol. The van der Waals surface area contributed by atoms with Gasteiger partial charge in [-0.1, -0.05) is 0 Å². The van der Waals surface area contributed by atoms with Gasteiger partial charge in [-0.15, -0.1) is 0 Å². The summed E-state index contributed by atoms with van der Waals surface area (Å²) in [4.78, 5) is 11.4. The van der Waals surface area contributed by atoms with Crippen LogP contribution in [0.2, 0.25) is 0 Å². The monoisotopic (exact) mass is 260 g/mol. The topological polar surface area (TPSA) is 91.7 Å². The Bertz CT molecular complexity index is 466. The van der Waals surface area contributed by atoms with Crippen molar-refractivity contribution in [3.63, 3.8) is 0 Å². The molecule has 4 aliphatic carbocycles. The highest BCUT2D eigenvalue weighted by molar-refractivity contribution is 7.87. The van der Waals surface area contributed by atoms with Gasteiger partial charge in [0.2, 0.25) is 0 Å². The number of carboxylic acid groups (broad SMARTS) is 1. The van der Waals surface area contributed by atoms with Crippen molar-refractivity contribution in [3.05, 3.63) is 0 Å². The first-order chi connectivity index (χ1) is 7.76. The van der Waals surface area contributed by atoms with E-state index in [9.17, 15) is 22.9 Å². The van der Waals surface area contributed by atoms with Crippen molar-refractivity contribution in [1.82, 2.24) is 0 Å². The molecule has 0 aromatic carbocycles. The summed E-state index contributed by atoms with van der Waals surface area (Å²) < 4.78 is 31.5. The van der Waals surface area contributed by atoms with Crippen LogP contribution in [0.3, 0.4) is 0 Å². The van der Waals surface area contributed by atoms with Gasteiger partial charge in [0.05, 0.1) is 10.2 Å². The van der Waals surface area contributed by atoms with E-state index >= 15 is 0 Å². The normalized spacial score (nSPS) is 48.3. The fourth-order valence-electron chi connectivity index (χ4n) is 4.73. The van der Waals surface area contributed by atoms with E-state index in [1.54, 1.807) is 0 Å². The van der Waals surface area contributed by atoms with Crippen molar-refractivity contribution in [2.45, 2.75) is 43.3 Å². The zero-order chi connectivity index (χ0) is 12.5. The Morgan fingerprint density at radius 3 is 2.06 bits per heavy atom. The van der Waals surface area contributed by atoms with Crippen LogP contribution in [0.15, 0.2) is 0 Å². The molecule has 0 aromatic heterocycles. The molecular formula is C11H16O5S. The molecule has 0 heterocycles. The SMILES string of the molecule is O=C(O)C12CC3CC(C1)CC(S(=O)(=O)O)(C3)C2. The van der Waals surface area contributed by atoms with Crippen molar-refractivity contribution in [3.8, 4) is 0 Å². The van der Waals surface area contributed by atoms with Gasteiger partial charge in [-0.25, -0.2) is 0 Å². The molecule has 17 heavy (non-hydrogen) atoms. The van der Waals surface area contributed by atoms with Crippen LogP contribution in [0.1, 0.15) is 38.5 Å². The molecule has 4 rings (SSSR count). The quantitative estimate of drug-likeness (QED) is 0.730. The summed E-state index contributed by atoms with van der Waals surface area (Å²) >= 11 is 0. The Labute approximate surface area is 100.0 Å². The summed E-state index contributed by atoms with van der Waals surface area (Å²) in [6.45, 7) is 0. The predicted molar refractivity (Wildman–Crippen MR) is 59.0 cm³/mol. The van der Waals surface area contributed by atoms with Gasteiger partial charge in [-0.2, -0.15) is 8.42 Å². The molecule has 0 spiro atoms. The van der Waals surface area contributed by atoms with Gasteiger partial charge in [0, 0.05) is 0 Å². The third kappa shape index (κ3) is 1.40. The summed E-state index contributed by atoms with van der Waals surface area (Å²) in [5.74, 6) is -0.594. The fourth-order valence-corrected chi connectivity index (χ4v) is 6.08. The van der Waals surface area contributed by atoms with Crippen LogP contribution in [-0.2, 0) is 14.9 Å². The number of aliphatic carboxylic acids is 1. The van der Waals surface area contributed by atoms with Gasteiger partial charge in [0.25, 0.3) is 10.1 Å². The lowest BCUT2D eigenvalue weighted by molar-refractivity contribution is -0.163. The second-order valence-corrected chi connectivity index (χ2v) is 8.02. The van der Waals surface area contributed by atoms with Crippen molar-refractivity contribution in [1.29, 1.82) is 0 Å². The van der Waals surface area contributed by atoms with Gasteiger partial charge in [-0.3, -0.25) is 9.35 Å². The van der Waals surface area contributed by atoms with Gasteiger partial charge in [0.15, 0.2) is 0 Å². The van der Waals surface area contributed by atoms with Crippen molar-refractivity contribution in [2.75, 3.05) is 0 Å². The molecule has 0 aliphatic heterocycles. The van der Waals surface area contributed by atoms with E-state index in [1.165, 1.54) is 0 Å². The van der Waals surface area contributed by atoms with Crippen LogP contribution in [-0.4, -0.2) is 28.8 Å². The first-order valence-corrected chi connectivity index (χ1v) is 7.41. The predicted octanol–water partition coefficient (Wildman–Crippen LogP) is 1.30. The molecule has 2 N–H and O–H groups in total. The maximum absolute atomic E-state index is 11.6. The van der Waals surface area contributed by atoms with E-state index in [0.29, 0.717) is 25.7 Å². The Balaban J connectivity index is 2.09. The van der Waals surface area contributed by atoms with Gasteiger partial charge in [-0.05, 0) is 50.4 Å². The minimum Gasteiger partial charge on any atom is -0.481 e. The second-order valence-electron chi connectivity index (χ2n) is 6.20. The molecule has 4 bridgehead atoms. The maximum Gasteiger partial charge on any atom is 0.309 e. The van der Waals surface area contributed by atoms with Crippen LogP contribution >= 0.6 is 0 Å². The minimum atomic E-state index is -4.16. The highest BCUT2D eigenvalue weighted by atomic mass is 32.2. The average Bonchev–Trinajstić information content (AvgIpc) is 2.13. The Morgan fingerprint density at radius 1 is 1.12 bits per heavy atom. The molecule has 2 unspecified atom stereocenters. The highest BCUT2D eigenvalue weighted by Gasteiger charge is 2.65. The lowest BCUT2D eigenvalue weighted by atomic mass is 9.49. The zero-order valence-corrected chi connectivity index (χ0v) is 10.2. The zero-order valence-electron chi connectivity index (χ0n) is 9.42. The van der Waals surface area contributed by atoms with Crippen LogP contribution in [0.4, 0.5) is 0 Å². The summed E-state index contributed by atoms with van der Waals surface area (Å²) in [6.07, 6.45) is 3.06. The number of hydrogen-bond donors (Lipinski definition) is 2. The van der Waals surface area contributed by atoms with Crippen molar-refractivity contribution in [2.24, 2.45) is 17.3 Å². The van der Waals surface area contributed by atoms with Crippen molar-refractivity contribution >= 4 is 16.1 Å². The van der Waals surface area contributed by atoms with Gasteiger partial charge < -0.3 is 5.11 Å². The highest BCUT2D eigenvalue weighted by Crippen LogP contribution is 2.63. The molecule has 2 atom stereocenters. The van der Waals surface area contributed by atoms with Crippen LogP contribution in [0.25, 0.3) is 0 Å². The number of carboxylic acids is 1. The summed E-state index contributed by atoms with van der Waals surface area (Å²) in [5.41, 5.74) is -0.903. The molecule has 0 amide bonds. The molecule has 4 saturated carbocycles. The Hall–Kier alpha value is -0.620. The van der Waals surface area contributed by atoms with Gasteiger partial charge >= 0.3 is 5.97 Å². The first kappa shape index (κ1) is 11.5. The summed E-state index contributed by atoms with van der Waals surface area (Å²) in [5, 5.41) is 9.38. The molecule has 0 saturated heterocycles. The third-order valence-electron chi connectivity index (χ3n) is 5.01. The summed E-state index contributed by atoms with van der Waals surface area (Å²) in [7, 11) is -4.16. The lowest BCUT2D eigenvalue weighted by Gasteiger charge is -2.58. The van der Waals surface area contributed by atoms with E-state index in [4.69, 9.17) is 0 Å². The molecule has 6 heteroatoms. The fraction of sp³-hybridized carbons (Fsp3) is 0.909. The van der Waals surface area contributed by atoms with Crippen molar-refractivity contribution < 1.29 is 22.9 Å². The number of hydrogen-bond acceptors (Lipinski definition) is 3. The molecule has 0 aromatic rings. The number of rotatable bonds is 2. The molecular weight excluding hydrogens is 244 g/mol. The van der Waals surface area contributed by atoms with E-state index in [-0.39, 0.29) is 18.3 Å². The second kappa shape index (κ2) is 3.03. The Morgan fingerprint density at radius 2 is 1.65 bits per heavy atom. The smallest absolute Gasteiger partial charge is 0.309 e. The van der Waals surface area contributed by atoms with Crippen LogP contribution in [0, 0.1) is 17.3 Å². The molecule has 96 valence electrons. The molecule has 0 radical (unpaired) electrons. The molecule has 4 fully saturated rings. The lowest BCUT2D eigenvalue weighted by Crippen LogP contribution is -2.61. The van der Waals surface area contributed by atoms with Gasteiger partial charge in [0.1, 0.15) is 0 Å². The van der Waals surface area contributed by atoms with E-state index < -0.39 is 26.2 Å². The minimum absolute atomic E-state index is 0.0984. The van der Waals surface area contributed by atoms with Crippen LogP contribution in [0.5, 0.6) is 0 Å². The summed E-state index contributed by atoms with van der Waals surface area (Å²) in [6, 6.07) is 0. The first-order valence-electron chi connectivity index (χ1n) is 5.97. The standard InChI is InChI=1S/C11H16O5S/c12-9(13)10-2-7-1-8(3-10)5-11(4-7,6-10)17(14,15)16/h7-8H,1-6H2,(H,12,13)(H,14,15,16). The molecule has 4 aliphatic rings. The van der Waals surface area contributed by atoms with E-state index in [2.05, 4.69) is 0 Å². The molecule has 5 nitrogen and oxygen atoms in total. The largest absolute Gasteiger partial charge is 0.481 e. The Kier molecular flexibility index (Phi) is 2.05. The van der Waals surface area contributed by atoms with E-state index in [0.717, 1.165) is 6.42 Å².